The number of halogens is 2. The predicted octanol–water partition coefficient (Wildman–Crippen LogP) is 4.04. The van der Waals surface area contributed by atoms with E-state index in [1.807, 2.05) is 36.4 Å². The summed E-state index contributed by atoms with van der Waals surface area (Å²) in [4.78, 5) is 0. The normalized spacial score (nSPS) is 10.4. The van der Waals surface area contributed by atoms with Crippen molar-refractivity contribution < 1.29 is 0 Å². The van der Waals surface area contributed by atoms with Crippen LogP contribution in [-0.4, -0.2) is 0 Å². The first-order valence-electron chi connectivity index (χ1n) is 4.68. The molecule has 0 saturated heterocycles. The quantitative estimate of drug-likeness (QED) is 0.769. The van der Waals surface area contributed by atoms with Gasteiger partial charge in [0.15, 0.2) is 0 Å². The van der Waals surface area contributed by atoms with Crippen molar-refractivity contribution in [2.75, 3.05) is 11.5 Å². The van der Waals surface area contributed by atoms with Crippen LogP contribution in [0.1, 0.15) is 0 Å². The van der Waals surface area contributed by atoms with E-state index in [2.05, 4.69) is 31.9 Å². The van der Waals surface area contributed by atoms with Crippen LogP contribution in [0.25, 0.3) is 11.1 Å². The number of anilines is 2. The molecule has 0 aliphatic rings. The number of nitrogens with two attached hydrogens (primary N) is 2. The molecule has 0 atom stereocenters. The molecule has 0 saturated carbocycles. The van der Waals surface area contributed by atoms with E-state index in [-0.39, 0.29) is 0 Å². The molecule has 0 aliphatic carbocycles. The van der Waals surface area contributed by atoms with E-state index in [1.54, 1.807) is 0 Å². The van der Waals surface area contributed by atoms with Crippen molar-refractivity contribution in [3.8, 4) is 11.1 Å². The van der Waals surface area contributed by atoms with Gasteiger partial charge in [0.1, 0.15) is 0 Å². The van der Waals surface area contributed by atoms with Crippen molar-refractivity contribution in [3.63, 3.8) is 0 Å². The highest BCUT2D eigenvalue weighted by Crippen LogP contribution is 2.30. The summed E-state index contributed by atoms with van der Waals surface area (Å²) < 4.78 is 1.80. The van der Waals surface area contributed by atoms with Crippen LogP contribution in [0.15, 0.2) is 45.3 Å². The molecule has 0 radical (unpaired) electrons. The predicted molar refractivity (Wildman–Crippen MR) is 76.1 cm³/mol. The van der Waals surface area contributed by atoms with Gasteiger partial charge < -0.3 is 11.5 Å². The average molecular weight is 342 g/mol. The van der Waals surface area contributed by atoms with Gasteiger partial charge in [0.25, 0.3) is 0 Å². The Kier molecular flexibility index (Phi) is 3.21. The molecular formula is C12H10Br2N2. The van der Waals surface area contributed by atoms with E-state index < -0.39 is 0 Å². The monoisotopic (exact) mass is 340 g/mol. The Morgan fingerprint density at radius 3 is 1.38 bits per heavy atom. The molecule has 4 N–H and O–H groups in total. The lowest BCUT2D eigenvalue weighted by Crippen LogP contribution is -1.89. The van der Waals surface area contributed by atoms with Gasteiger partial charge in [0.2, 0.25) is 0 Å². The van der Waals surface area contributed by atoms with E-state index in [9.17, 15) is 0 Å². The molecule has 82 valence electrons. The van der Waals surface area contributed by atoms with Gasteiger partial charge in [-0.1, -0.05) is 12.1 Å². The van der Waals surface area contributed by atoms with Crippen molar-refractivity contribution in [2.45, 2.75) is 0 Å². The summed E-state index contributed by atoms with van der Waals surface area (Å²) in [5, 5.41) is 0. The molecular weight excluding hydrogens is 332 g/mol. The lowest BCUT2D eigenvalue weighted by atomic mass is 10.1. The van der Waals surface area contributed by atoms with Crippen molar-refractivity contribution in [3.05, 3.63) is 45.3 Å². The van der Waals surface area contributed by atoms with Crippen LogP contribution in [0, 0.1) is 0 Å². The van der Waals surface area contributed by atoms with Gasteiger partial charge in [-0.25, -0.2) is 0 Å². The van der Waals surface area contributed by atoms with Crippen LogP contribution in [-0.2, 0) is 0 Å². The SMILES string of the molecule is Nc1ccc(-c2ccc(N)c(Br)c2)cc1Br. The number of benzene rings is 2. The van der Waals surface area contributed by atoms with Crippen molar-refractivity contribution in [2.24, 2.45) is 0 Å². The summed E-state index contributed by atoms with van der Waals surface area (Å²) in [6.45, 7) is 0. The average Bonchev–Trinajstić information content (AvgIpc) is 2.26. The molecule has 2 aromatic carbocycles. The molecule has 0 aromatic heterocycles. The summed E-state index contributed by atoms with van der Waals surface area (Å²) in [5.41, 5.74) is 15.2. The second kappa shape index (κ2) is 4.47. The summed E-state index contributed by atoms with van der Waals surface area (Å²) in [6, 6.07) is 11.7. The molecule has 0 unspecified atom stereocenters. The summed E-state index contributed by atoms with van der Waals surface area (Å²) in [7, 11) is 0. The highest BCUT2D eigenvalue weighted by Gasteiger charge is 2.03. The molecule has 4 heteroatoms. The Balaban J connectivity index is 2.50. The van der Waals surface area contributed by atoms with E-state index in [0.29, 0.717) is 0 Å². The minimum absolute atomic E-state index is 0.735. The lowest BCUT2D eigenvalue weighted by Gasteiger charge is -2.06. The first kappa shape index (κ1) is 11.5. The maximum atomic E-state index is 5.74. The molecule has 0 fully saturated rings. The maximum Gasteiger partial charge on any atom is 0.0458 e. The van der Waals surface area contributed by atoms with Crippen molar-refractivity contribution in [1.29, 1.82) is 0 Å². The highest BCUT2D eigenvalue weighted by molar-refractivity contribution is 9.11. The summed E-state index contributed by atoms with van der Waals surface area (Å²) >= 11 is 6.83. The van der Waals surface area contributed by atoms with E-state index in [1.165, 1.54) is 0 Å². The molecule has 0 amide bonds. The Bertz CT molecular complexity index is 489. The number of hydrogen-bond donors (Lipinski definition) is 2. The first-order valence-corrected chi connectivity index (χ1v) is 6.27. The van der Waals surface area contributed by atoms with E-state index >= 15 is 0 Å². The standard InChI is InChI=1S/C12H10Br2N2/c13-9-5-7(1-3-11(9)15)8-2-4-12(16)10(14)6-8/h1-6H,15-16H2. The van der Waals surface area contributed by atoms with Gasteiger partial charge in [-0.05, 0) is 67.3 Å². The molecule has 0 heterocycles. The third kappa shape index (κ3) is 2.23. The van der Waals surface area contributed by atoms with Gasteiger partial charge in [-0.2, -0.15) is 0 Å². The van der Waals surface area contributed by atoms with E-state index in [0.717, 1.165) is 31.4 Å². The number of nitrogen functional groups attached to an aromatic ring is 2. The van der Waals surface area contributed by atoms with Gasteiger partial charge in [-0.15, -0.1) is 0 Å². The Labute approximate surface area is 111 Å². The zero-order valence-electron chi connectivity index (χ0n) is 8.37. The van der Waals surface area contributed by atoms with Crippen molar-refractivity contribution in [1.82, 2.24) is 0 Å². The minimum Gasteiger partial charge on any atom is -0.398 e. The Morgan fingerprint density at radius 2 is 1.06 bits per heavy atom. The smallest absolute Gasteiger partial charge is 0.0458 e. The Morgan fingerprint density at radius 1 is 0.688 bits per heavy atom. The zero-order valence-corrected chi connectivity index (χ0v) is 11.5. The van der Waals surface area contributed by atoms with Gasteiger partial charge >= 0.3 is 0 Å². The summed E-state index contributed by atoms with van der Waals surface area (Å²) in [5.74, 6) is 0. The van der Waals surface area contributed by atoms with Crippen LogP contribution >= 0.6 is 31.9 Å². The maximum absolute atomic E-state index is 5.74. The molecule has 2 rings (SSSR count). The fourth-order valence-electron chi connectivity index (χ4n) is 1.41. The van der Waals surface area contributed by atoms with Gasteiger partial charge in [0, 0.05) is 20.3 Å². The fourth-order valence-corrected chi connectivity index (χ4v) is 2.17. The van der Waals surface area contributed by atoms with Gasteiger partial charge in [-0.3, -0.25) is 0 Å². The molecule has 2 nitrogen and oxygen atoms in total. The topological polar surface area (TPSA) is 52.0 Å². The van der Waals surface area contributed by atoms with Crippen molar-refractivity contribution >= 4 is 43.2 Å². The first-order chi connectivity index (χ1) is 7.58. The van der Waals surface area contributed by atoms with Crippen LogP contribution in [0.2, 0.25) is 0 Å². The molecule has 0 bridgehead atoms. The second-order valence-electron chi connectivity index (χ2n) is 3.47. The third-order valence-electron chi connectivity index (χ3n) is 2.33. The number of rotatable bonds is 1. The molecule has 0 aliphatic heterocycles. The minimum atomic E-state index is 0.735. The summed E-state index contributed by atoms with van der Waals surface area (Å²) in [6.07, 6.45) is 0. The molecule has 2 aromatic rings. The van der Waals surface area contributed by atoms with Crippen LogP contribution in [0.5, 0.6) is 0 Å². The zero-order chi connectivity index (χ0) is 11.7. The Hall–Kier alpha value is -1.00. The van der Waals surface area contributed by atoms with Crippen LogP contribution < -0.4 is 11.5 Å². The fraction of sp³-hybridized carbons (Fsp3) is 0. The lowest BCUT2D eigenvalue weighted by molar-refractivity contribution is 1.56. The van der Waals surface area contributed by atoms with Crippen LogP contribution in [0.3, 0.4) is 0 Å². The van der Waals surface area contributed by atoms with Gasteiger partial charge in [0.05, 0.1) is 0 Å². The number of hydrogen-bond acceptors (Lipinski definition) is 2. The highest BCUT2D eigenvalue weighted by atomic mass is 79.9. The van der Waals surface area contributed by atoms with E-state index in [4.69, 9.17) is 11.5 Å². The second-order valence-corrected chi connectivity index (χ2v) is 5.18. The largest absolute Gasteiger partial charge is 0.398 e. The third-order valence-corrected chi connectivity index (χ3v) is 3.71. The molecule has 0 spiro atoms. The molecule has 16 heavy (non-hydrogen) atoms. The van der Waals surface area contributed by atoms with Crippen LogP contribution in [0.4, 0.5) is 11.4 Å².